The highest BCUT2D eigenvalue weighted by molar-refractivity contribution is 7.17. The predicted molar refractivity (Wildman–Crippen MR) is 127 cm³/mol. The smallest absolute Gasteiger partial charge is 0.229 e. The second kappa shape index (κ2) is 8.51. The molecule has 0 aliphatic heterocycles. The van der Waals surface area contributed by atoms with Crippen LogP contribution in [0.3, 0.4) is 0 Å². The van der Waals surface area contributed by atoms with E-state index in [1.54, 1.807) is 11.3 Å². The molecule has 30 heavy (non-hydrogen) atoms. The number of thiophene rings is 1. The lowest BCUT2D eigenvalue weighted by Gasteiger charge is -2.12. The molecule has 152 valence electrons. The first-order valence-corrected chi connectivity index (χ1v) is 10.8. The van der Waals surface area contributed by atoms with Crippen LogP contribution in [0.2, 0.25) is 0 Å². The topological polar surface area (TPSA) is 78.5 Å². The van der Waals surface area contributed by atoms with Crippen LogP contribution >= 0.6 is 11.3 Å². The van der Waals surface area contributed by atoms with Crippen LogP contribution in [0.25, 0.3) is 21.1 Å². The highest BCUT2D eigenvalue weighted by atomic mass is 32.1. The zero-order valence-corrected chi connectivity index (χ0v) is 18.3. The summed E-state index contributed by atoms with van der Waals surface area (Å²) in [5.41, 5.74) is 6.28. The number of rotatable bonds is 4. The lowest BCUT2D eigenvalue weighted by molar-refractivity contribution is 1.12. The van der Waals surface area contributed by atoms with Crippen LogP contribution in [-0.2, 0) is 0 Å². The van der Waals surface area contributed by atoms with E-state index in [0.717, 1.165) is 43.9 Å². The minimum absolute atomic E-state index is 0.574. The van der Waals surface area contributed by atoms with Crippen molar-refractivity contribution in [2.24, 2.45) is 0 Å². The Morgan fingerprint density at radius 1 is 0.933 bits per heavy atom. The van der Waals surface area contributed by atoms with E-state index in [4.69, 9.17) is 4.98 Å². The van der Waals surface area contributed by atoms with Crippen molar-refractivity contribution in [3.05, 3.63) is 65.2 Å². The summed E-state index contributed by atoms with van der Waals surface area (Å²) in [6, 6.07) is 14.4. The van der Waals surface area contributed by atoms with Gasteiger partial charge in [0.15, 0.2) is 5.82 Å². The molecule has 0 saturated heterocycles. The molecule has 0 radical (unpaired) electrons. The molecular formula is C23H24N6S. The van der Waals surface area contributed by atoms with Gasteiger partial charge in [-0.2, -0.15) is 10.1 Å². The van der Waals surface area contributed by atoms with Crippen molar-refractivity contribution in [1.29, 1.82) is 0 Å². The molecule has 0 atom stereocenters. The van der Waals surface area contributed by atoms with Gasteiger partial charge < -0.3 is 10.6 Å². The molecule has 0 spiro atoms. The molecule has 0 bridgehead atoms. The second-order valence-electron chi connectivity index (χ2n) is 6.77. The van der Waals surface area contributed by atoms with Crippen LogP contribution in [0.15, 0.2) is 54.0 Å². The fourth-order valence-electron chi connectivity index (χ4n) is 3.24. The van der Waals surface area contributed by atoms with Crippen molar-refractivity contribution < 1.29 is 0 Å². The number of fused-ring (bicyclic) bond motifs is 2. The molecule has 0 unspecified atom stereocenters. The zero-order valence-electron chi connectivity index (χ0n) is 17.4. The number of anilines is 4. The van der Waals surface area contributed by atoms with Gasteiger partial charge in [-0.3, -0.25) is 5.10 Å². The van der Waals surface area contributed by atoms with Crippen molar-refractivity contribution in [2.45, 2.75) is 27.7 Å². The third kappa shape index (κ3) is 3.97. The lowest BCUT2D eigenvalue weighted by atomic mass is 10.1. The van der Waals surface area contributed by atoms with E-state index in [2.05, 4.69) is 63.9 Å². The number of hydrogen-bond acceptors (Lipinski definition) is 6. The third-order valence-corrected chi connectivity index (χ3v) is 5.55. The summed E-state index contributed by atoms with van der Waals surface area (Å²) in [5.74, 6) is 1.36. The number of benzene rings is 2. The Morgan fingerprint density at radius 3 is 2.63 bits per heavy atom. The first-order chi connectivity index (χ1) is 14.7. The van der Waals surface area contributed by atoms with E-state index < -0.39 is 0 Å². The van der Waals surface area contributed by atoms with Crippen molar-refractivity contribution in [3.63, 3.8) is 0 Å². The highest BCUT2D eigenvalue weighted by Gasteiger charge is 2.11. The summed E-state index contributed by atoms with van der Waals surface area (Å²) < 4.78 is 1.03. The maximum Gasteiger partial charge on any atom is 0.229 e. The average Bonchev–Trinajstić information content (AvgIpc) is 3.40. The Labute approximate surface area is 179 Å². The van der Waals surface area contributed by atoms with Gasteiger partial charge >= 0.3 is 0 Å². The standard InChI is InChI=1S/C21H18N6S.C2H6/c1-12-3-5-16(13(2)9-12)24-21-25-18-7-8-28-19(18)20(26-21)23-15-4-6-17-14(10-15)11-22-27-17;1-2/h3-11H,1-2H3,(H,22,27)(H2,23,24,25,26);1-2H3. The first-order valence-electron chi connectivity index (χ1n) is 9.95. The fraction of sp³-hybridized carbons (Fsp3) is 0.174. The van der Waals surface area contributed by atoms with Crippen molar-refractivity contribution >= 4 is 55.6 Å². The average molecular weight is 417 g/mol. The largest absolute Gasteiger partial charge is 0.339 e. The Bertz CT molecular complexity index is 1300. The highest BCUT2D eigenvalue weighted by Crippen LogP contribution is 2.31. The lowest BCUT2D eigenvalue weighted by Crippen LogP contribution is -2.02. The van der Waals surface area contributed by atoms with Gasteiger partial charge in [0.25, 0.3) is 0 Å². The molecule has 5 aromatic rings. The summed E-state index contributed by atoms with van der Waals surface area (Å²) in [6.07, 6.45) is 1.81. The molecule has 0 saturated carbocycles. The van der Waals surface area contributed by atoms with Gasteiger partial charge in [0.2, 0.25) is 5.95 Å². The van der Waals surface area contributed by atoms with Crippen LogP contribution in [0, 0.1) is 13.8 Å². The molecule has 7 heteroatoms. The van der Waals surface area contributed by atoms with Gasteiger partial charge in [0.1, 0.15) is 0 Å². The van der Waals surface area contributed by atoms with E-state index >= 15 is 0 Å². The van der Waals surface area contributed by atoms with E-state index in [1.165, 1.54) is 5.56 Å². The normalized spacial score (nSPS) is 10.7. The molecule has 2 aromatic carbocycles. The Kier molecular flexibility index (Phi) is 5.63. The number of hydrogen-bond donors (Lipinski definition) is 3. The third-order valence-electron chi connectivity index (χ3n) is 4.63. The van der Waals surface area contributed by atoms with Gasteiger partial charge in [0, 0.05) is 16.8 Å². The van der Waals surface area contributed by atoms with Gasteiger partial charge in [-0.1, -0.05) is 31.5 Å². The van der Waals surface area contributed by atoms with Crippen LogP contribution in [0.5, 0.6) is 0 Å². The van der Waals surface area contributed by atoms with Crippen molar-refractivity contribution in [2.75, 3.05) is 10.6 Å². The van der Waals surface area contributed by atoms with Crippen LogP contribution in [-0.4, -0.2) is 20.2 Å². The van der Waals surface area contributed by atoms with Crippen LogP contribution < -0.4 is 10.6 Å². The maximum atomic E-state index is 4.75. The molecule has 3 aromatic heterocycles. The molecule has 5 rings (SSSR count). The number of nitrogens with zero attached hydrogens (tertiary/aromatic N) is 3. The molecule has 0 fully saturated rings. The van der Waals surface area contributed by atoms with Gasteiger partial charge in [-0.05, 0) is 55.1 Å². The monoisotopic (exact) mass is 416 g/mol. The maximum absolute atomic E-state index is 4.75. The molecule has 0 aliphatic rings. The van der Waals surface area contributed by atoms with E-state index in [1.807, 2.05) is 43.6 Å². The SMILES string of the molecule is CC.Cc1ccc(Nc2nc(Nc3ccc4[nH]ncc4c3)c3sccc3n2)c(C)c1. The Balaban J connectivity index is 0.00000106. The molecule has 3 heterocycles. The van der Waals surface area contributed by atoms with Crippen LogP contribution in [0.4, 0.5) is 23.1 Å². The van der Waals surface area contributed by atoms with Crippen molar-refractivity contribution in [3.8, 4) is 0 Å². The van der Waals surface area contributed by atoms with Gasteiger partial charge in [-0.25, -0.2) is 4.98 Å². The predicted octanol–water partition coefficient (Wildman–Crippen LogP) is 6.70. The minimum atomic E-state index is 0.574. The quantitative estimate of drug-likeness (QED) is 0.304. The molecular weight excluding hydrogens is 392 g/mol. The molecule has 3 N–H and O–H groups in total. The molecule has 0 aliphatic carbocycles. The summed E-state index contributed by atoms with van der Waals surface area (Å²) in [5, 5.41) is 16.9. The summed E-state index contributed by atoms with van der Waals surface area (Å²) in [4.78, 5) is 9.42. The summed E-state index contributed by atoms with van der Waals surface area (Å²) in [7, 11) is 0. The number of aromatic nitrogens is 4. The second-order valence-corrected chi connectivity index (χ2v) is 7.69. The Morgan fingerprint density at radius 2 is 1.80 bits per heavy atom. The minimum Gasteiger partial charge on any atom is -0.339 e. The van der Waals surface area contributed by atoms with E-state index in [0.29, 0.717) is 5.95 Å². The Hall–Kier alpha value is -3.45. The number of nitrogens with one attached hydrogen (secondary N) is 3. The zero-order chi connectivity index (χ0) is 21.1. The van der Waals surface area contributed by atoms with Gasteiger partial charge in [-0.15, -0.1) is 11.3 Å². The fourth-order valence-corrected chi connectivity index (χ4v) is 4.01. The molecule has 6 nitrogen and oxygen atoms in total. The van der Waals surface area contributed by atoms with E-state index in [9.17, 15) is 0 Å². The van der Waals surface area contributed by atoms with Crippen LogP contribution in [0.1, 0.15) is 25.0 Å². The van der Waals surface area contributed by atoms with E-state index in [-0.39, 0.29) is 0 Å². The first kappa shape index (κ1) is 19.8. The summed E-state index contributed by atoms with van der Waals surface area (Å²) in [6.45, 7) is 8.17. The van der Waals surface area contributed by atoms with Gasteiger partial charge in [0.05, 0.1) is 21.9 Å². The number of H-pyrrole nitrogens is 1. The summed E-state index contributed by atoms with van der Waals surface area (Å²) >= 11 is 1.62. The molecule has 0 amide bonds. The number of aromatic amines is 1. The number of aryl methyl sites for hydroxylation is 2. The van der Waals surface area contributed by atoms with Crippen molar-refractivity contribution in [1.82, 2.24) is 20.2 Å².